The Balaban J connectivity index is 1.54. The first-order valence-electron chi connectivity index (χ1n) is 9.54. The van der Waals surface area contributed by atoms with Gasteiger partial charge >= 0.3 is 5.97 Å². The fraction of sp³-hybridized carbons (Fsp3) is 0.182. The minimum Gasteiger partial charge on any atom is -0.481 e. The van der Waals surface area contributed by atoms with E-state index < -0.39 is 11.9 Å². The van der Waals surface area contributed by atoms with Crippen LogP contribution < -0.4 is 14.9 Å². The van der Waals surface area contributed by atoms with E-state index in [9.17, 15) is 9.59 Å². The molecule has 1 aromatic heterocycles. The highest BCUT2D eigenvalue weighted by Crippen LogP contribution is 2.34. The van der Waals surface area contributed by atoms with E-state index in [1.54, 1.807) is 31.3 Å². The smallest absolute Gasteiger partial charge is 0.344 e. The Kier molecular flexibility index (Phi) is 8.41. The second-order valence-electron chi connectivity index (χ2n) is 6.32. The molecule has 0 fully saturated rings. The van der Waals surface area contributed by atoms with Crippen LogP contribution in [-0.4, -0.2) is 42.9 Å². The first-order valence-corrected chi connectivity index (χ1v) is 10.7. The number of fused-ring (bicyclic) bond motifs is 1. The molecule has 3 aromatic rings. The lowest BCUT2D eigenvalue weighted by Crippen LogP contribution is -2.24. The summed E-state index contributed by atoms with van der Waals surface area (Å²) >= 11 is 9.56. The maximum absolute atomic E-state index is 12.1. The number of aromatic nitrogens is 1. The minimum absolute atomic E-state index is 0.224. The van der Waals surface area contributed by atoms with E-state index in [1.807, 2.05) is 24.3 Å². The van der Waals surface area contributed by atoms with Crippen molar-refractivity contribution < 1.29 is 23.8 Å². The molecule has 166 valence electrons. The Hall–Kier alpha value is -3.17. The van der Waals surface area contributed by atoms with Gasteiger partial charge in [0.25, 0.3) is 5.91 Å². The Bertz CT molecular complexity index is 1130. The van der Waals surface area contributed by atoms with Crippen molar-refractivity contribution in [3.63, 3.8) is 0 Å². The molecule has 8 nitrogen and oxygen atoms in total. The van der Waals surface area contributed by atoms with Crippen LogP contribution in [0.1, 0.15) is 12.5 Å². The third-order valence-corrected chi connectivity index (χ3v) is 4.89. The molecule has 0 spiro atoms. The number of nitrogens with zero attached hydrogens (tertiary/aromatic N) is 2. The molecule has 0 bridgehead atoms. The van der Waals surface area contributed by atoms with Crippen LogP contribution in [0, 0.1) is 0 Å². The van der Waals surface area contributed by atoms with E-state index in [-0.39, 0.29) is 24.8 Å². The number of para-hydroxylation sites is 1. The van der Waals surface area contributed by atoms with Gasteiger partial charge in [-0.3, -0.25) is 9.78 Å². The van der Waals surface area contributed by atoms with Crippen molar-refractivity contribution >= 4 is 56.5 Å². The lowest BCUT2D eigenvalue weighted by atomic mass is 10.2. The van der Waals surface area contributed by atoms with Crippen molar-refractivity contribution in [2.24, 2.45) is 5.10 Å². The van der Waals surface area contributed by atoms with E-state index in [1.165, 1.54) is 6.21 Å². The predicted octanol–water partition coefficient (Wildman–Crippen LogP) is 4.12. The zero-order valence-electron chi connectivity index (χ0n) is 17.0. The largest absolute Gasteiger partial charge is 0.481 e. The van der Waals surface area contributed by atoms with Gasteiger partial charge in [-0.1, -0.05) is 29.8 Å². The zero-order valence-corrected chi connectivity index (χ0v) is 19.4. The van der Waals surface area contributed by atoms with Gasteiger partial charge in [0, 0.05) is 11.6 Å². The molecule has 0 radical (unpaired) electrons. The van der Waals surface area contributed by atoms with Crippen molar-refractivity contribution in [1.82, 2.24) is 10.4 Å². The summed E-state index contributed by atoms with van der Waals surface area (Å²) < 4.78 is 16.3. The lowest BCUT2D eigenvalue weighted by molar-refractivity contribution is -0.145. The van der Waals surface area contributed by atoms with Crippen molar-refractivity contribution in [2.45, 2.75) is 6.92 Å². The van der Waals surface area contributed by atoms with Crippen molar-refractivity contribution in [1.29, 1.82) is 0 Å². The van der Waals surface area contributed by atoms with E-state index in [2.05, 4.69) is 31.4 Å². The Morgan fingerprint density at radius 1 is 1.19 bits per heavy atom. The SMILES string of the molecule is CCOC(=O)COc1c(Cl)cc(/C=N/NC(=O)COc2cccc3cccnc23)cc1Br. The normalized spacial score (nSPS) is 10.8. The molecule has 1 N–H and O–H groups in total. The number of halogens is 2. The standard InChI is InChI=1S/C22H19BrClN3O5/c1-2-30-20(29)13-32-22-16(23)9-14(10-17(22)24)11-26-27-19(28)12-31-18-7-3-5-15-6-4-8-25-21(15)18/h3-11H,2,12-13H2,1H3,(H,27,28)/b26-11+. The van der Waals surface area contributed by atoms with E-state index >= 15 is 0 Å². The van der Waals surface area contributed by atoms with E-state index in [4.69, 9.17) is 25.8 Å². The first kappa shape index (κ1) is 23.5. The van der Waals surface area contributed by atoms with Gasteiger partial charge in [0.15, 0.2) is 19.0 Å². The third-order valence-electron chi connectivity index (χ3n) is 4.02. The number of rotatable bonds is 9. The second kappa shape index (κ2) is 11.4. The zero-order chi connectivity index (χ0) is 22.9. The van der Waals surface area contributed by atoms with Crippen LogP contribution in [0.25, 0.3) is 10.9 Å². The Labute approximate surface area is 197 Å². The molecule has 10 heteroatoms. The van der Waals surface area contributed by atoms with Crippen LogP contribution >= 0.6 is 27.5 Å². The van der Waals surface area contributed by atoms with E-state index in [0.29, 0.717) is 27.1 Å². The van der Waals surface area contributed by atoms with Crippen LogP contribution in [0.4, 0.5) is 0 Å². The number of ether oxygens (including phenoxy) is 3. The second-order valence-corrected chi connectivity index (χ2v) is 7.58. The maximum Gasteiger partial charge on any atom is 0.344 e. The average Bonchev–Trinajstić information content (AvgIpc) is 2.77. The molecule has 1 amide bonds. The summed E-state index contributed by atoms with van der Waals surface area (Å²) in [5.74, 6) is -0.117. The number of carbonyl (C=O) groups is 2. The van der Waals surface area contributed by atoms with E-state index in [0.717, 1.165) is 5.39 Å². The topological polar surface area (TPSA) is 99.1 Å². The highest BCUT2D eigenvalue weighted by Gasteiger charge is 2.12. The number of carbonyl (C=O) groups excluding carboxylic acids is 2. The molecule has 32 heavy (non-hydrogen) atoms. The molecule has 0 saturated heterocycles. The van der Waals surface area contributed by atoms with Crippen molar-refractivity contribution in [3.05, 3.63) is 63.7 Å². The third kappa shape index (κ3) is 6.41. The summed E-state index contributed by atoms with van der Waals surface area (Å²) in [7, 11) is 0. The number of amides is 1. The van der Waals surface area contributed by atoms with Crippen LogP contribution in [0.2, 0.25) is 5.02 Å². The van der Waals surface area contributed by atoms with Crippen LogP contribution in [-0.2, 0) is 14.3 Å². The number of pyridine rings is 1. The number of esters is 1. The number of hydrogen-bond donors (Lipinski definition) is 1. The number of hydrazone groups is 1. The molecule has 1 heterocycles. The molecule has 0 aliphatic carbocycles. The summed E-state index contributed by atoms with van der Waals surface area (Å²) in [4.78, 5) is 27.8. The number of nitrogens with one attached hydrogen (secondary N) is 1. The summed E-state index contributed by atoms with van der Waals surface area (Å²) in [6.07, 6.45) is 3.08. The van der Waals surface area contributed by atoms with Crippen molar-refractivity contribution in [2.75, 3.05) is 19.8 Å². The van der Waals surface area contributed by atoms with Gasteiger partial charge in [0.1, 0.15) is 11.3 Å². The molecular formula is C22H19BrClN3O5. The number of benzene rings is 2. The molecule has 0 unspecified atom stereocenters. The molecule has 3 rings (SSSR count). The maximum atomic E-state index is 12.1. The highest BCUT2D eigenvalue weighted by molar-refractivity contribution is 9.10. The van der Waals surface area contributed by atoms with Crippen LogP contribution in [0.15, 0.2) is 58.2 Å². The Morgan fingerprint density at radius 2 is 2.00 bits per heavy atom. The molecular weight excluding hydrogens is 502 g/mol. The lowest BCUT2D eigenvalue weighted by Gasteiger charge is -2.10. The predicted molar refractivity (Wildman–Crippen MR) is 124 cm³/mol. The van der Waals surface area contributed by atoms with Gasteiger partial charge in [-0.15, -0.1) is 0 Å². The fourth-order valence-electron chi connectivity index (χ4n) is 2.67. The summed E-state index contributed by atoms with van der Waals surface area (Å²) in [5.41, 5.74) is 3.67. The average molecular weight is 521 g/mol. The Morgan fingerprint density at radius 3 is 2.78 bits per heavy atom. The van der Waals surface area contributed by atoms with Gasteiger partial charge in [0.2, 0.25) is 0 Å². The van der Waals surface area contributed by atoms with Gasteiger partial charge in [0.05, 0.1) is 22.3 Å². The highest BCUT2D eigenvalue weighted by atomic mass is 79.9. The monoisotopic (exact) mass is 519 g/mol. The molecule has 0 saturated carbocycles. The molecule has 2 aromatic carbocycles. The molecule has 0 aliphatic heterocycles. The van der Waals surface area contributed by atoms with Gasteiger partial charge in [-0.2, -0.15) is 5.10 Å². The molecule has 0 atom stereocenters. The van der Waals surface area contributed by atoms with Crippen molar-refractivity contribution in [3.8, 4) is 11.5 Å². The fourth-order valence-corrected chi connectivity index (χ4v) is 3.66. The number of hydrogen-bond acceptors (Lipinski definition) is 7. The quantitative estimate of drug-likeness (QED) is 0.259. The van der Waals surface area contributed by atoms with Crippen LogP contribution in [0.3, 0.4) is 0 Å². The first-order chi connectivity index (χ1) is 15.5. The van der Waals surface area contributed by atoms with Gasteiger partial charge in [-0.25, -0.2) is 10.2 Å². The van der Waals surface area contributed by atoms with Gasteiger partial charge in [-0.05, 0) is 52.7 Å². The summed E-state index contributed by atoms with van der Waals surface area (Å²) in [6.45, 7) is 1.49. The summed E-state index contributed by atoms with van der Waals surface area (Å²) in [5, 5.41) is 5.10. The molecule has 0 aliphatic rings. The summed E-state index contributed by atoms with van der Waals surface area (Å²) in [6, 6.07) is 12.5. The van der Waals surface area contributed by atoms with Crippen LogP contribution in [0.5, 0.6) is 11.5 Å². The van der Waals surface area contributed by atoms with Gasteiger partial charge < -0.3 is 14.2 Å². The minimum atomic E-state index is -0.495.